The minimum atomic E-state index is -4.38. The summed E-state index contributed by atoms with van der Waals surface area (Å²) in [6.45, 7) is 1.99. The summed E-state index contributed by atoms with van der Waals surface area (Å²) in [5.74, 6) is -2.13. The number of aryl methyl sites for hydroxylation is 1. The highest BCUT2D eigenvalue weighted by Crippen LogP contribution is 2.24. The number of nitrogens with zero attached hydrogens (tertiary/aromatic N) is 1. The van der Waals surface area contributed by atoms with E-state index in [1.807, 2.05) is 47.4 Å². The summed E-state index contributed by atoms with van der Waals surface area (Å²) in [4.78, 5) is 30.3. The van der Waals surface area contributed by atoms with Gasteiger partial charge >= 0.3 is 16.3 Å². The highest BCUT2D eigenvalue weighted by atomic mass is 32.2. The second-order valence-electron chi connectivity index (χ2n) is 7.82. The third-order valence-electron chi connectivity index (χ3n) is 5.27. The van der Waals surface area contributed by atoms with Crippen LogP contribution in [0.1, 0.15) is 34.8 Å². The van der Waals surface area contributed by atoms with Crippen molar-refractivity contribution in [3.63, 3.8) is 0 Å². The van der Waals surface area contributed by atoms with Crippen LogP contribution in [0.3, 0.4) is 0 Å². The van der Waals surface area contributed by atoms with Crippen LogP contribution < -0.4 is 10.0 Å². The van der Waals surface area contributed by atoms with E-state index in [1.165, 1.54) is 30.6 Å². The van der Waals surface area contributed by atoms with E-state index in [0.717, 1.165) is 22.6 Å². The topological polar surface area (TPSA) is 135 Å². The minimum Gasteiger partial charge on any atom is -0.468 e. The molecule has 0 aliphatic carbocycles. The number of ether oxygens (including phenoxy) is 1. The molecule has 0 saturated carbocycles. The smallest absolute Gasteiger partial charge is 0.357 e. The van der Waals surface area contributed by atoms with Crippen molar-refractivity contribution in [2.45, 2.75) is 32.2 Å². The van der Waals surface area contributed by atoms with E-state index in [9.17, 15) is 18.0 Å². The van der Waals surface area contributed by atoms with Crippen LogP contribution in [-0.4, -0.2) is 36.9 Å². The molecular weight excluding hydrogens is 490 g/mol. The summed E-state index contributed by atoms with van der Waals surface area (Å²) in [5.41, 5.74) is 2.49. The summed E-state index contributed by atoms with van der Waals surface area (Å²) in [5, 5.41) is 5.76. The Kier molecular flexibility index (Phi) is 8.96. The van der Waals surface area contributed by atoms with Gasteiger partial charge in [0.1, 0.15) is 5.92 Å². The third kappa shape index (κ3) is 7.88. The normalized spacial score (nSPS) is 13.0. The van der Waals surface area contributed by atoms with E-state index in [1.54, 1.807) is 12.1 Å². The number of carbonyl (C=O) groups is 2. The lowest BCUT2D eigenvalue weighted by atomic mass is 9.97. The average molecular weight is 518 g/mol. The first-order chi connectivity index (χ1) is 16.7. The Morgan fingerprint density at radius 2 is 1.71 bits per heavy atom. The number of carbonyl (C=O) groups excluding carboxylic acids is 2. The van der Waals surface area contributed by atoms with Crippen molar-refractivity contribution in [3.8, 4) is 0 Å². The van der Waals surface area contributed by atoms with Gasteiger partial charge in [0.15, 0.2) is 0 Å². The zero-order valence-electron chi connectivity index (χ0n) is 19.3. The summed E-state index contributed by atoms with van der Waals surface area (Å²) in [6, 6.07) is 15.1. The Morgan fingerprint density at radius 1 is 1.06 bits per heavy atom. The Labute approximate surface area is 208 Å². The summed E-state index contributed by atoms with van der Waals surface area (Å²) < 4.78 is 37.9. The standard InChI is InChI=1S/C24H27N3O6S2/c1-3-22-25-21(15-34-22)20(14-17-9-11-18(12-10-17)27-35(30,31)32)26-23(28)19(24(29)33-2)13-16-7-5-4-6-8-16/h4-12,15,19-20,27H,3,13-14H2,1-2H3,(H,26,28)(H,30,31,32)/t19-,20-/m0/s1. The van der Waals surface area contributed by atoms with Crippen LogP contribution in [0.5, 0.6) is 0 Å². The molecule has 1 aromatic heterocycles. The van der Waals surface area contributed by atoms with Crippen molar-refractivity contribution in [1.82, 2.24) is 10.3 Å². The SMILES string of the molecule is CCc1nc([C@H](Cc2ccc(NS(=O)(=O)O)cc2)NC(=O)[C@H](Cc2ccccc2)C(=O)OC)cs1. The van der Waals surface area contributed by atoms with Crippen LogP contribution in [0, 0.1) is 5.92 Å². The van der Waals surface area contributed by atoms with E-state index in [2.05, 4.69) is 10.3 Å². The molecule has 1 heterocycles. The molecule has 0 unspecified atom stereocenters. The van der Waals surface area contributed by atoms with Crippen molar-refractivity contribution in [1.29, 1.82) is 0 Å². The molecule has 0 radical (unpaired) electrons. The predicted octanol–water partition coefficient (Wildman–Crippen LogP) is 3.35. The van der Waals surface area contributed by atoms with Crippen LogP contribution >= 0.6 is 11.3 Å². The minimum absolute atomic E-state index is 0.194. The third-order valence-corrected chi connectivity index (χ3v) is 6.78. The highest BCUT2D eigenvalue weighted by molar-refractivity contribution is 7.87. The largest absolute Gasteiger partial charge is 0.468 e. The number of nitrogens with one attached hydrogen (secondary N) is 2. The van der Waals surface area contributed by atoms with Gasteiger partial charge in [-0.15, -0.1) is 11.3 Å². The molecule has 3 rings (SSSR count). The average Bonchev–Trinajstić information content (AvgIpc) is 3.32. The second kappa shape index (κ2) is 11.9. The van der Waals surface area contributed by atoms with Gasteiger partial charge in [-0.3, -0.25) is 18.9 Å². The van der Waals surface area contributed by atoms with Gasteiger partial charge in [-0.25, -0.2) is 4.98 Å². The molecule has 0 aliphatic rings. The van der Waals surface area contributed by atoms with Crippen LogP contribution in [0.25, 0.3) is 0 Å². The van der Waals surface area contributed by atoms with E-state index in [-0.39, 0.29) is 12.1 Å². The molecule has 1 amide bonds. The first kappa shape index (κ1) is 26.3. The number of hydrogen-bond donors (Lipinski definition) is 3. The van der Waals surface area contributed by atoms with Gasteiger partial charge < -0.3 is 10.1 Å². The van der Waals surface area contributed by atoms with Gasteiger partial charge in [-0.2, -0.15) is 8.42 Å². The molecule has 9 nitrogen and oxygen atoms in total. The zero-order valence-corrected chi connectivity index (χ0v) is 20.9. The first-order valence-electron chi connectivity index (χ1n) is 10.9. The van der Waals surface area contributed by atoms with Crippen LogP contribution in [0.15, 0.2) is 60.0 Å². The fourth-order valence-electron chi connectivity index (χ4n) is 3.52. The number of methoxy groups -OCH3 is 1. The predicted molar refractivity (Wildman–Crippen MR) is 133 cm³/mol. The lowest BCUT2D eigenvalue weighted by molar-refractivity contribution is -0.150. The van der Waals surface area contributed by atoms with Crippen LogP contribution in [0.4, 0.5) is 5.69 Å². The van der Waals surface area contributed by atoms with Crippen molar-refractivity contribution in [3.05, 3.63) is 81.8 Å². The van der Waals surface area contributed by atoms with Gasteiger partial charge in [-0.05, 0) is 42.5 Å². The lowest BCUT2D eigenvalue weighted by Crippen LogP contribution is -2.40. The molecule has 11 heteroatoms. The van der Waals surface area contributed by atoms with Gasteiger partial charge in [0.25, 0.3) is 0 Å². The van der Waals surface area contributed by atoms with Crippen LogP contribution in [-0.2, 0) is 43.9 Å². The van der Waals surface area contributed by atoms with Crippen molar-refractivity contribution in [2.75, 3.05) is 11.8 Å². The second-order valence-corrected chi connectivity index (χ2v) is 9.92. The summed E-state index contributed by atoms with van der Waals surface area (Å²) in [7, 11) is -3.13. The molecule has 186 valence electrons. The molecule has 0 bridgehead atoms. The Bertz CT molecular complexity index is 1240. The molecule has 3 aromatic rings. The fraction of sp³-hybridized carbons (Fsp3) is 0.292. The summed E-state index contributed by atoms with van der Waals surface area (Å²) >= 11 is 1.49. The maximum absolute atomic E-state index is 13.3. The number of amides is 1. The monoisotopic (exact) mass is 517 g/mol. The quantitative estimate of drug-likeness (QED) is 0.202. The van der Waals surface area contributed by atoms with Gasteiger partial charge in [0.2, 0.25) is 5.91 Å². The van der Waals surface area contributed by atoms with Crippen LogP contribution in [0.2, 0.25) is 0 Å². The number of esters is 1. The van der Waals surface area contributed by atoms with Gasteiger partial charge in [0.05, 0.1) is 29.5 Å². The number of thiazole rings is 1. The molecular formula is C24H27N3O6S2. The molecule has 0 spiro atoms. The number of hydrogen-bond acceptors (Lipinski definition) is 7. The number of anilines is 1. The maximum atomic E-state index is 13.3. The van der Waals surface area contributed by atoms with Crippen molar-refractivity contribution >= 4 is 39.2 Å². The first-order valence-corrected chi connectivity index (χ1v) is 13.2. The molecule has 2 atom stereocenters. The highest BCUT2D eigenvalue weighted by Gasteiger charge is 2.30. The maximum Gasteiger partial charge on any atom is 0.357 e. The molecule has 0 saturated heterocycles. The summed E-state index contributed by atoms with van der Waals surface area (Å²) in [6.07, 6.45) is 1.30. The molecule has 35 heavy (non-hydrogen) atoms. The van der Waals surface area contributed by atoms with Gasteiger partial charge in [0, 0.05) is 5.38 Å². The molecule has 3 N–H and O–H groups in total. The molecule has 2 aromatic carbocycles. The number of rotatable bonds is 11. The lowest BCUT2D eigenvalue weighted by Gasteiger charge is -2.21. The number of aromatic nitrogens is 1. The Balaban J connectivity index is 1.83. The van der Waals surface area contributed by atoms with E-state index >= 15 is 0 Å². The van der Waals surface area contributed by atoms with Crippen molar-refractivity contribution in [2.24, 2.45) is 5.92 Å². The fourth-order valence-corrected chi connectivity index (χ4v) is 4.75. The van der Waals surface area contributed by atoms with Gasteiger partial charge in [-0.1, -0.05) is 49.4 Å². The Hall–Kier alpha value is -3.28. The molecule has 0 aliphatic heterocycles. The zero-order chi connectivity index (χ0) is 25.4. The van der Waals surface area contributed by atoms with E-state index in [4.69, 9.17) is 9.29 Å². The Morgan fingerprint density at radius 3 is 2.29 bits per heavy atom. The van der Waals surface area contributed by atoms with Crippen molar-refractivity contribution < 1.29 is 27.3 Å². The number of benzene rings is 2. The van der Waals surface area contributed by atoms with E-state index < -0.39 is 34.1 Å². The molecule has 0 fully saturated rings. The van der Waals surface area contributed by atoms with E-state index in [0.29, 0.717) is 12.1 Å².